The lowest BCUT2D eigenvalue weighted by Gasteiger charge is -2.47. The van der Waals surface area contributed by atoms with Crippen LogP contribution in [0.5, 0.6) is 17.2 Å². The first-order valence-electron chi connectivity index (χ1n) is 12.7. The zero-order chi connectivity index (χ0) is 27.3. The predicted octanol–water partition coefficient (Wildman–Crippen LogP) is 4.73. The zero-order valence-corrected chi connectivity index (χ0v) is 22.6. The Morgan fingerprint density at radius 2 is 1.64 bits per heavy atom. The van der Waals surface area contributed by atoms with Gasteiger partial charge in [0.1, 0.15) is 12.6 Å². The largest absolute Gasteiger partial charge is 0.493 e. The lowest BCUT2D eigenvalue weighted by atomic mass is 9.86. The summed E-state index contributed by atoms with van der Waals surface area (Å²) in [7, 11) is 4.66. The minimum absolute atomic E-state index is 0.0446. The summed E-state index contributed by atoms with van der Waals surface area (Å²) in [5, 5.41) is 1.60. The van der Waals surface area contributed by atoms with Crippen LogP contribution in [-0.4, -0.2) is 60.5 Å². The van der Waals surface area contributed by atoms with Gasteiger partial charge in [-0.2, -0.15) is 0 Å². The van der Waals surface area contributed by atoms with Crippen molar-refractivity contribution in [1.82, 2.24) is 14.8 Å². The second-order valence-electron chi connectivity index (χ2n) is 9.73. The van der Waals surface area contributed by atoms with Crippen LogP contribution in [0.4, 0.5) is 0 Å². The number of benzene rings is 3. The third-order valence-corrected chi connectivity index (χ3v) is 8.03. The Balaban J connectivity index is 1.50. The molecule has 3 heterocycles. The second kappa shape index (κ2) is 9.85. The molecule has 2 aliphatic rings. The maximum atomic E-state index is 14.0. The average molecular weight is 546 g/mol. The van der Waals surface area contributed by atoms with E-state index in [1.807, 2.05) is 54.6 Å². The molecule has 1 fully saturated rings. The molecule has 2 amide bonds. The maximum Gasteiger partial charge on any atom is 0.246 e. The third-order valence-electron chi connectivity index (χ3n) is 7.66. The number of halogens is 1. The summed E-state index contributed by atoms with van der Waals surface area (Å²) < 4.78 is 16.8. The van der Waals surface area contributed by atoms with Crippen LogP contribution in [0.15, 0.2) is 60.7 Å². The Morgan fingerprint density at radius 3 is 2.33 bits per heavy atom. The van der Waals surface area contributed by atoms with Crippen LogP contribution in [-0.2, 0) is 22.6 Å². The molecule has 9 heteroatoms. The normalized spacial score (nSPS) is 18.7. The van der Waals surface area contributed by atoms with Gasteiger partial charge in [0.25, 0.3) is 0 Å². The first kappa shape index (κ1) is 25.1. The van der Waals surface area contributed by atoms with Crippen LogP contribution in [0.1, 0.15) is 28.4 Å². The molecule has 6 rings (SSSR count). The van der Waals surface area contributed by atoms with E-state index in [2.05, 4.69) is 4.98 Å². The number of aromatic nitrogens is 1. The number of nitrogens with one attached hydrogen (secondary N) is 1. The number of para-hydroxylation sites is 1. The number of fused-ring (bicyclic) bond motifs is 4. The molecular formula is C30H28ClN3O5. The van der Waals surface area contributed by atoms with Gasteiger partial charge >= 0.3 is 0 Å². The molecule has 1 saturated heterocycles. The standard InChI is InChI=1S/C30H28ClN3O5/c1-37-24-12-18(13-25(38-2)29(24)39-3)28-27-20(19-9-5-7-11-22(19)32-27)14-23-30(36)33(16-26(35)34(23)28)15-17-8-4-6-10-21(17)31/h4-13,23,28,32H,14-16H2,1-3H3/t23-,28+/m0/s1. The molecule has 0 radical (unpaired) electrons. The highest BCUT2D eigenvalue weighted by Gasteiger charge is 2.48. The Bertz CT molecular complexity index is 1570. The van der Waals surface area contributed by atoms with Crippen LogP contribution in [0.2, 0.25) is 5.02 Å². The average Bonchev–Trinajstić information content (AvgIpc) is 3.33. The number of ether oxygens (including phenoxy) is 3. The minimum Gasteiger partial charge on any atom is -0.493 e. The predicted molar refractivity (Wildman–Crippen MR) is 147 cm³/mol. The van der Waals surface area contributed by atoms with E-state index < -0.39 is 12.1 Å². The van der Waals surface area contributed by atoms with Crippen LogP contribution >= 0.6 is 11.6 Å². The van der Waals surface area contributed by atoms with Crippen molar-refractivity contribution in [3.63, 3.8) is 0 Å². The number of piperazine rings is 1. The number of nitrogens with zero attached hydrogens (tertiary/aromatic N) is 2. The van der Waals surface area contributed by atoms with E-state index in [4.69, 9.17) is 25.8 Å². The molecule has 3 aromatic carbocycles. The summed E-state index contributed by atoms with van der Waals surface area (Å²) in [6.45, 7) is 0.223. The Kier molecular flexibility index (Phi) is 6.35. The van der Waals surface area contributed by atoms with Gasteiger partial charge in [0.2, 0.25) is 17.6 Å². The smallest absolute Gasteiger partial charge is 0.246 e. The van der Waals surface area contributed by atoms with Gasteiger partial charge in [-0.25, -0.2) is 0 Å². The molecule has 4 aromatic rings. The van der Waals surface area contributed by atoms with E-state index in [0.29, 0.717) is 28.7 Å². The van der Waals surface area contributed by atoms with Crippen molar-refractivity contribution in [2.75, 3.05) is 27.9 Å². The lowest BCUT2D eigenvalue weighted by molar-refractivity contribution is -0.159. The van der Waals surface area contributed by atoms with Gasteiger partial charge in [-0.05, 0) is 41.0 Å². The molecule has 2 atom stereocenters. The number of carbonyl (C=O) groups excluding carboxylic acids is 2. The van der Waals surface area contributed by atoms with Crippen molar-refractivity contribution in [3.8, 4) is 17.2 Å². The number of rotatable bonds is 6. The number of amides is 2. The molecule has 0 spiro atoms. The minimum atomic E-state index is -0.676. The second-order valence-corrected chi connectivity index (χ2v) is 10.1. The summed E-state index contributed by atoms with van der Waals surface area (Å²) in [5.41, 5.74) is 4.41. The quantitative estimate of drug-likeness (QED) is 0.379. The molecule has 2 aliphatic heterocycles. The molecule has 0 aliphatic carbocycles. The SMILES string of the molecule is COc1cc([C@@H]2c3[nH]c4ccccc4c3C[C@H]3C(=O)N(Cc4ccccc4Cl)CC(=O)N23)cc(OC)c1OC. The number of H-pyrrole nitrogens is 1. The molecule has 200 valence electrons. The van der Waals surface area contributed by atoms with E-state index in [9.17, 15) is 9.59 Å². The van der Waals surface area contributed by atoms with Crippen LogP contribution < -0.4 is 14.2 Å². The maximum absolute atomic E-state index is 14.0. The molecular weight excluding hydrogens is 518 g/mol. The summed E-state index contributed by atoms with van der Waals surface area (Å²) in [6.07, 6.45) is 0.407. The molecule has 0 unspecified atom stereocenters. The fourth-order valence-corrected chi connectivity index (χ4v) is 6.09. The molecule has 1 aromatic heterocycles. The van der Waals surface area contributed by atoms with Crippen molar-refractivity contribution >= 4 is 34.3 Å². The van der Waals surface area contributed by atoms with Crippen LogP contribution in [0, 0.1) is 0 Å². The first-order valence-corrected chi connectivity index (χ1v) is 13.1. The summed E-state index contributed by atoms with van der Waals surface area (Å²) >= 11 is 6.40. The van der Waals surface area contributed by atoms with Crippen LogP contribution in [0.25, 0.3) is 10.9 Å². The monoisotopic (exact) mass is 545 g/mol. The van der Waals surface area contributed by atoms with Crippen molar-refractivity contribution in [3.05, 3.63) is 88.1 Å². The van der Waals surface area contributed by atoms with Crippen molar-refractivity contribution < 1.29 is 23.8 Å². The topological polar surface area (TPSA) is 84.1 Å². The highest BCUT2D eigenvalue weighted by atomic mass is 35.5. The van der Waals surface area contributed by atoms with E-state index in [1.54, 1.807) is 37.2 Å². The number of aromatic amines is 1. The number of hydrogen-bond donors (Lipinski definition) is 1. The molecule has 0 bridgehead atoms. The number of hydrogen-bond acceptors (Lipinski definition) is 5. The third kappa shape index (κ3) is 4.06. The molecule has 0 saturated carbocycles. The lowest BCUT2D eigenvalue weighted by Crippen LogP contribution is -2.62. The van der Waals surface area contributed by atoms with Gasteiger partial charge in [0.15, 0.2) is 11.5 Å². The van der Waals surface area contributed by atoms with Crippen molar-refractivity contribution in [1.29, 1.82) is 0 Å². The van der Waals surface area contributed by atoms with Crippen LogP contribution in [0.3, 0.4) is 0 Å². The van der Waals surface area contributed by atoms with Gasteiger partial charge in [-0.15, -0.1) is 0 Å². The number of methoxy groups -OCH3 is 3. The number of carbonyl (C=O) groups is 2. The Labute approximate surface area is 231 Å². The molecule has 39 heavy (non-hydrogen) atoms. The van der Waals surface area contributed by atoms with Gasteiger partial charge in [-0.3, -0.25) is 9.59 Å². The van der Waals surface area contributed by atoms with Crippen molar-refractivity contribution in [2.45, 2.75) is 25.0 Å². The molecule has 1 N–H and O–H groups in total. The first-order chi connectivity index (χ1) is 18.9. The van der Waals surface area contributed by atoms with Gasteiger partial charge in [0.05, 0.1) is 27.4 Å². The molecule has 8 nitrogen and oxygen atoms in total. The Hall–Kier alpha value is -4.17. The summed E-state index contributed by atoms with van der Waals surface area (Å²) in [4.78, 5) is 34.8. The van der Waals surface area contributed by atoms with Crippen molar-refractivity contribution in [2.24, 2.45) is 0 Å². The highest BCUT2D eigenvalue weighted by Crippen LogP contribution is 2.47. The van der Waals surface area contributed by atoms with Gasteiger partial charge < -0.3 is 29.0 Å². The zero-order valence-electron chi connectivity index (χ0n) is 21.9. The summed E-state index contributed by atoms with van der Waals surface area (Å²) in [6, 6.07) is 17.8. The Morgan fingerprint density at radius 1 is 0.949 bits per heavy atom. The van der Waals surface area contributed by atoms with E-state index in [0.717, 1.165) is 33.3 Å². The fourth-order valence-electron chi connectivity index (χ4n) is 5.90. The fraction of sp³-hybridized carbons (Fsp3) is 0.267. The highest BCUT2D eigenvalue weighted by molar-refractivity contribution is 6.31. The summed E-state index contributed by atoms with van der Waals surface area (Å²) in [5.74, 6) is 1.16. The van der Waals surface area contributed by atoms with Gasteiger partial charge in [0, 0.05) is 34.6 Å². The van der Waals surface area contributed by atoms with E-state index in [1.165, 1.54) is 0 Å². The van der Waals surface area contributed by atoms with E-state index in [-0.39, 0.29) is 24.9 Å². The van der Waals surface area contributed by atoms with E-state index >= 15 is 0 Å². The van der Waals surface area contributed by atoms with Gasteiger partial charge in [-0.1, -0.05) is 48.0 Å².